The van der Waals surface area contributed by atoms with Gasteiger partial charge in [0.15, 0.2) is 0 Å². The van der Waals surface area contributed by atoms with E-state index in [0.717, 1.165) is 5.75 Å². The number of amides is 1. The highest BCUT2D eigenvalue weighted by atomic mass is 35.5. The Kier molecular flexibility index (Phi) is 6.90. The van der Waals surface area contributed by atoms with Crippen LogP contribution in [0.1, 0.15) is 6.42 Å². The molecule has 1 aromatic rings. The first-order chi connectivity index (χ1) is 6.72. The van der Waals surface area contributed by atoms with E-state index in [-0.39, 0.29) is 18.3 Å². The third-order valence-electron chi connectivity index (χ3n) is 1.60. The van der Waals surface area contributed by atoms with Crippen molar-refractivity contribution in [1.82, 2.24) is 4.98 Å². The summed E-state index contributed by atoms with van der Waals surface area (Å²) in [6.07, 6.45) is 4.04. The Hall–Kier alpha value is -0.940. The lowest BCUT2D eigenvalue weighted by Crippen LogP contribution is -2.12. The number of nitrogen functional groups attached to an aromatic ring is 1. The van der Waals surface area contributed by atoms with Gasteiger partial charge in [0.25, 0.3) is 0 Å². The Labute approximate surface area is 99.4 Å². The number of hydrogen-bond acceptors (Lipinski definition) is 4. The lowest BCUT2D eigenvalue weighted by Gasteiger charge is -2.03. The van der Waals surface area contributed by atoms with E-state index in [0.29, 0.717) is 17.9 Å². The molecule has 1 amide bonds. The van der Waals surface area contributed by atoms with Crippen molar-refractivity contribution >= 4 is 41.6 Å². The van der Waals surface area contributed by atoms with Gasteiger partial charge in [0.2, 0.25) is 5.91 Å². The molecular formula is C9H14ClN3OS. The molecule has 0 spiro atoms. The summed E-state index contributed by atoms with van der Waals surface area (Å²) in [6.45, 7) is 0. The number of hydrogen-bond donors (Lipinski definition) is 2. The fourth-order valence-corrected chi connectivity index (χ4v) is 1.29. The van der Waals surface area contributed by atoms with E-state index in [9.17, 15) is 4.79 Å². The lowest BCUT2D eigenvalue weighted by molar-refractivity contribution is -0.115. The van der Waals surface area contributed by atoms with Crippen molar-refractivity contribution in [3.63, 3.8) is 0 Å². The summed E-state index contributed by atoms with van der Waals surface area (Å²) in [6, 6.07) is 3.39. The molecule has 0 aromatic carbocycles. The highest BCUT2D eigenvalue weighted by Crippen LogP contribution is 2.07. The lowest BCUT2D eigenvalue weighted by atomic mass is 10.3. The van der Waals surface area contributed by atoms with Crippen LogP contribution in [0.25, 0.3) is 0 Å². The van der Waals surface area contributed by atoms with Crippen LogP contribution in [0.4, 0.5) is 11.5 Å². The maximum Gasteiger partial charge on any atom is 0.225 e. The van der Waals surface area contributed by atoms with Crippen LogP contribution in [0.5, 0.6) is 0 Å². The Bertz CT molecular complexity index is 305. The van der Waals surface area contributed by atoms with Crippen molar-refractivity contribution in [2.45, 2.75) is 6.42 Å². The van der Waals surface area contributed by atoms with Gasteiger partial charge in [0.1, 0.15) is 5.82 Å². The second kappa shape index (κ2) is 7.36. The number of rotatable bonds is 4. The minimum absolute atomic E-state index is 0. The molecule has 0 bridgehead atoms. The van der Waals surface area contributed by atoms with Crippen molar-refractivity contribution in [1.29, 1.82) is 0 Å². The van der Waals surface area contributed by atoms with Crippen LogP contribution in [0.2, 0.25) is 0 Å². The maximum atomic E-state index is 11.3. The van der Waals surface area contributed by atoms with Crippen molar-refractivity contribution in [3.05, 3.63) is 18.3 Å². The monoisotopic (exact) mass is 247 g/mol. The van der Waals surface area contributed by atoms with Crippen LogP contribution in [-0.4, -0.2) is 22.9 Å². The SMILES string of the molecule is CSCCC(=O)Nc1ccc(N)nc1.Cl. The number of nitrogens with zero attached hydrogens (tertiary/aromatic N) is 1. The van der Waals surface area contributed by atoms with Gasteiger partial charge in [0, 0.05) is 12.2 Å². The first-order valence-electron chi connectivity index (χ1n) is 4.22. The van der Waals surface area contributed by atoms with Crippen LogP contribution in [0, 0.1) is 0 Å². The van der Waals surface area contributed by atoms with Crippen LogP contribution in [0.15, 0.2) is 18.3 Å². The van der Waals surface area contributed by atoms with E-state index in [1.807, 2.05) is 6.26 Å². The van der Waals surface area contributed by atoms with Gasteiger partial charge in [-0.05, 0) is 18.4 Å². The molecule has 1 rings (SSSR count). The van der Waals surface area contributed by atoms with Crippen molar-refractivity contribution < 1.29 is 4.79 Å². The van der Waals surface area contributed by atoms with E-state index in [1.165, 1.54) is 0 Å². The van der Waals surface area contributed by atoms with E-state index in [4.69, 9.17) is 5.73 Å². The van der Waals surface area contributed by atoms with Crippen LogP contribution < -0.4 is 11.1 Å². The second-order valence-electron chi connectivity index (χ2n) is 2.76. The second-order valence-corrected chi connectivity index (χ2v) is 3.75. The number of aromatic nitrogens is 1. The van der Waals surface area contributed by atoms with Gasteiger partial charge in [-0.3, -0.25) is 4.79 Å². The molecule has 0 unspecified atom stereocenters. The summed E-state index contributed by atoms with van der Waals surface area (Å²) in [5.41, 5.74) is 6.10. The summed E-state index contributed by atoms with van der Waals surface area (Å²) in [4.78, 5) is 15.1. The highest BCUT2D eigenvalue weighted by Gasteiger charge is 2.01. The Balaban J connectivity index is 0.00000196. The maximum absolute atomic E-state index is 11.3. The molecule has 0 radical (unpaired) electrons. The van der Waals surface area contributed by atoms with Crippen LogP contribution in [0.3, 0.4) is 0 Å². The van der Waals surface area contributed by atoms with Crippen LogP contribution in [-0.2, 0) is 4.79 Å². The van der Waals surface area contributed by atoms with Gasteiger partial charge in [-0.2, -0.15) is 11.8 Å². The predicted molar refractivity (Wildman–Crippen MR) is 67.5 cm³/mol. The molecular weight excluding hydrogens is 234 g/mol. The third-order valence-corrected chi connectivity index (χ3v) is 2.22. The summed E-state index contributed by atoms with van der Waals surface area (Å²) < 4.78 is 0. The summed E-state index contributed by atoms with van der Waals surface area (Å²) >= 11 is 1.65. The van der Waals surface area contributed by atoms with Crippen molar-refractivity contribution in [2.75, 3.05) is 23.1 Å². The fraction of sp³-hybridized carbons (Fsp3) is 0.333. The average molecular weight is 248 g/mol. The molecule has 4 nitrogen and oxygen atoms in total. The zero-order valence-electron chi connectivity index (χ0n) is 8.40. The molecule has 84 valence electrons. The zero-order chi connectivity index (χ0) is 10.4. The summed E-state index contributed by atoms with van der Waals surface area (Å²) in [5, 5.41) is 2.73. The van der Waals surface area contributed by atoms with E-state index in [1.54, 1.807) is 30.1 Å². The minimum Gasteiger partial charge on any atom is -0.384 e. The van der Waals surface area contributed by atoms with Gasteiger partial charge in [-0.25, -0.2) is 4.98 Å². The van der Waals surface area contributed by atoms with Gasteiger partial charge >= 0.3 is 0 Å². The predicted octanol–water partition coefficient (Wildman–Crippen LogP) is 1.78. The number of halogens is 1. The smallest absolute Gasteiger partial charge is 0.225 e. The summed E-state index contributed by atoms with van der Waals surface area (Å²) in [5.74, 6) is 1.28. The van der Waals surface area contributed by atoms with E-state index < -0.39 is 0 Å². The number of carbonyl (C=O) groups excluding carboxylic acids is 1. The van der Waals surface area contributed by atoms with E-state index in [2.05, 4.69) is 10.3 Å². The number of pyridine rings is 1. The molecule has 1 aromatic heterocycles. The minimum atomic E-state index is 0. The standard InChI is InChI=1S/C9H13N3OS.ClH/c1-14-5-4-9(13)12-7-2-3-8(10)11-6-7;/h2-3,6H,4-5H2,1H3,(H2,10,11)(H,12,13);1H. The normalized spacial score (nSPS) is 9.13. The molecule has 1 heterocycles. The third kappa shape index (κ3) is 5.49. The first-order valence-corrected chi connectivity index (χ1v) is 5.62. The molecule has 0 aliphatic carbocycles. The molecule has 0 saturated carbocycles. The topological polar surface area (TPSA) is 68.0 Å². The number of thioether (sulfide) groups is 1. The zero-order valence-corrected chi connectivity index (χ0v) is 10.0. The largest absolute Gasteiger partial charge is 0.384 e. The van der Waals surface area contributed by atoms with Crippen LogP contribution >= 0.6 is 24.2 Å². The Morgan fingerprint density at radius 3 is 2.87 bits per heavy atom. The number of carbonyl (C=O) groups is 1. The quantitative estimate of drug-likeness (QED) is 0.851. The van der Waals surface area contributed by atoms with Gasteiger partial charge in [-0.15, -0.1) is 12.4 Å². The van der Waals surface area contributed by atoms with Gasteiger partial charge in [0.05, 0.1) is 11.9 Å². The average Bonchev–Trinajstić information content (AvgIpc) is 2.18. The molecule has 0 aliphatic rings. The fourth-order valence-electron chi connectivity index (χ4n) is 0.897. The highest BCUT2D eigenvalue weighted by molar-refractivity contribution is 7.98. The molecule has 15 heavy (non-hydrogen) atoms. The molecule has 0 saturated heterocycles. The molecule has 0 aliphatic heterocycles. The molecule has 0 fully saturated rings. The first kappa shape index (κ1) is 14.1. The molecule has 6 heteroatoms. The van der Waals surface area contributed by atoms with Gasteiger partial charge in [-0.1, -0.05) is 0 Å². The molecule has 0 atom stereocenters. The number of nitrogens with one attached hydrogen (secondary N) is 1. The Morgan fingerprint density at radius 1 is 1.60 bits per heavy atom. The van der Waals surface area contributed by atoms with E-state index >= 15 is 0 Å². The van der Waals surface area contributed by atoms with Gasteiger partial charge < -0.3 is 11.1 Å². The summed E-state index contributed by atoms with van der Waals surface area (Å²) in [7, 11) is 0. The number of anilines is 2. The molecule has 3 N–H and O–H groups in total. The van der Waals surface area contributed by atoms with Crippen molar-refractivity contribution in [2.24, 2.45) is 0 Å². The Morgan fingerprint density at radius 2 is 2.33 bits per heavy atom. The van der Waals surface area contributed by atoms with Crippen molar-refractivity contribution in [3.8, 4) is 0 Å². The number of nitrogens with two attached hydrogens (primary N) is 1.